The van der Waals surface area contributed by atoms with E-state index in [0.29, 0.717) is 5.02 Å². The number of amides is 1. The molecular formula is C12H9Cl2N3O2. The first-order valence-electron chi connectivity index (χ1n) is 5.34. The standard InChI is InChI=1S/C12H9Cl2N3O2/c13-8-3-1-7(2-4-8)6-15-11(18)9-5-10(14)16-17-12(9)19/h1-5H,6H2,(H,15,18)(H,17,19). The van der Waals surface area contributed by atoms with Gasteiger partial charge in [0.25, 0.3) is 11.5 Å². The molecule has 0 saturated carbocycles. The van der Waals surface area contributed by atoms with Crippen molar-refractivity contribution < 1.29 is 4.79 Å². The number of nitrogens with zero attached hydrogens (tertiary/aromatic N) is 1. The molecule has 98 valence electrons. The zero-order chi connectivity index (χ0) is 13.8. The lowest BCUT2D eigenvalue weighted by molar-refractivity contribution is 0.0949. The lowest BCUT2D eigenvalue weighted by Gasteiger charge is -2.05. The van der Waals surface area contributed by atoms with Crippen molar-refractivity contribution in [3.8, 4) is 0 Å². The molecule has 0 fully saturated rings. The van der Waals surface area contributed by atoms with Crippen LogP contribution in [-0.2, 0) is 6.54 Å². The van der Waals surface area contributed by atoms with Gasteiger partial charge < -0.3 is 5.32 Å². The average molecular weight is 298 g/mol. The maximum atomic E-state index is 11.8. The minimum atomic E-state index is -0.585. The third-order valence-electron chi connectivity index (χ3n) is 2.38. The van der Waals surface area contributed by atoms with Crippen LogP contribution < -0.4 is 10.9 Å². The summed E-state index contributed by atoms with van der Waals surface area (Å²) in [6.45, 7) is 0.287. The van der Waals surface area contributed by atoms with Crippen molar-refractivity contribution in [2.75, 3.05) is 0 Å². The monoisotopic (exact) mass is 297 g/mol. The van der Waals surface area contributed by atoms with Crippen molar-refractivity contribution in [1.29, 1.82) is 0 Å². The molecule has 2 N–H and O–H groups in total. The quantitative estimate of drug-likeness (QED) is 0.910. The summed E-state index contributed by atoms with van der Waals surface area (Å²) in [5.41, 5.74) is 0.210. The number of halogens is 2. The van der Waals surface area contributed by atoms with E-state index in [1.165, 1.54) is 6.07 Å². The predicted octanol–water partition coefficient (Wildman–Crippen LogP) is 2.01. The molecule has 1 heterocycles. The van der Waals surface area contributed by atoms with E-state index in [-0.39, 0.29) is 17.3 Å². The molecule has 0 spiro atoms. The molecule has 0 aliphatic rings. The number of hydrogen-bond donors (Lipinski definition) is 2. The summed E-state index contributed by atoms with van der Waals surface area (Å²) in [7, 11) is 0. The molecule has 1 aromatic heterocycles. The first-order valence-corrected chi connectivity index (χ1v) is 6.10. The van der Waals surface area contributed by atoms with Gasteiger partial charge in [-0.1, -0.05) is 35.3 Å². The molecule has 0 bridgehead atoms. The van der Waals surface area contributed by atoms with Crippen molar-refractivity contribution in [1.82, 2.24) is 15.5 Å². The molecule has 0 saturated heterocycles. The fourth-order valence-electron chi connectivity index (χ4n) is 1.43. The molecule has 2 rings (SSSR count). The van der Waals surface area contributed by atoms with Crippen LogP contribution in [0.25, 0.3) is 0 Å². The second kappa shape index (κ2) is 5.86. The second-order valence-corrected chi connectivity index (χ2v) is 4.57. The van der Waals surface area contributed by atoms with Crippen molar-refractivity contribution in [2.45, 2.75) is 6.54 Å². The van der Waals surface area contributed by atoms with E-state index in [1.807, 2.05) is 0 Å². The molecule has 0 radical (unpaired) electrons. The van der Waals surface area contributed by atoms with E-state index in [0.717, 1.165) is 5.56 Å². The Hall–Kier alpha value is -1.85. The molecule has 1 amide bonds. The van der Waals surface area contributed by atoms with Crippen molar-refractivity contribution >= 4 is 29.1 Å². The largest absolute Gasteiger partial charge is 0.348 e. The number of H-pyrrole nitrogens is 1. The fraction of sp³-hybridized carbons (Fsp3) is 0.0833. The molecule has 5 nitrogen and oxygen atoms in total. The summed E-state index contributed by atoms with van der Waals surface area (Å²) in [6, 6.07) is 8.23. The normalized spacial score (nSPS) is 10.2. The van der Waals surface area contributed by atoms with Gasteiger partial charge in [-0.15, -0.1) is 0 Å². The number of carbonyl (C=O) groups excluding carboxylic acids is 1. The first-order chi connectivity index (χ1) is 9.06. The lowest BCUT2D eigenvalue weighted by Crippen LogP contribution is -2.29. The third-order valence-corrected chi connectivity index (χ3v) is 2.83. The smallest absolute Gasteiger partial charge is 0.277 e. The minimum absolute atomic E-state index is 0.0521. The molecule has 0 atom stereocenters. The predicted molar refractivity (Wildman–Crippen MR) is 72.5 cm³/mol. The molecule has 19 heavy (non-hydrogen) atoms. The van der Waals surface area contributed by atoms with Crippen LogP contribution >= 0.6 is 23.2 Å². The van der Waals surface area contributed by atoms with Crippen molar-refractivity contribution in [2.24, 2.45) is 0 Å². The van der Waals surface area contributed by atoms with Crippen LogP contribution in [0.15, 0.2) is 35.1 Å². The Morgan fingerprint density at radius 2 is 1.95 bits per heavy atom. The van der Waals surface area contributed by atoms with Gasteiger partial charge in [0.05, 0.1) is 0 Å². The van der Waals surface area contributed by atoms with Gasteiger partial charge in [0, 0.05) is 11.6 Å². The number of aromatic amines is 1. The number of benzene rings is 1. The number of rotatable bonds is 3. The summed E-state index contributed by atoms with van der Waals surface area (Å²) < 4.78 is 0. The van der Waals surface area contributed by atoms with Gasteiger partial charge in [-0.3, -0.25) is 9.59 Å². The zero-order valence-corrected chi connectivity index (χ0v) is 11.1. The minimum Gasteiger partial charge on any atom is -0.348 e. The van der Waals surface area contributed by atoms with Crippen LogP contribution in [-0.4, -0.2) is 16.1 Å². The molecular weight excluding hydrogens is 289 g/mol. The van der Waals surface area contributed by atoms with Gasteiger partial charge in [0.1, 0.15) is 10.7 Å². The third kappa shape index (κ3) is 3.56. The maximum absolute atomic E-state index is 11.8. The Morgan fingerprint density at radius 3 is 2.63 bits per heavy atom. The number of nitrogens with one attached hydrogen (secondary N) is 2. The Kier molecular flexibility index (Phi) is 4.19. The van der Waals surface area contributed by atoms with Crippen molar-refractivity contribution in [3.63, 3.8) is 0 Å². The van der Waals surface area contributed by atoms with Crippen LogP contribution in [0, 0.1) is 0 Å². The molecule has 7 heteroatoms. The highest BCUT2D eigenvalue weighted by molar-refractivity contribution is 6.30. The zero-order valence-electron chi connectivity index (χ0n) is 9.61. The molecule has 2 aromatic rings. The Balaban J connectivity index is 2.07. The van der Waals surface area contributed by atoms with Gasteiger partial charge in [-0.2, -0.15) is 5.10 Å². The van der Waals surface area contributed by atoms with Crippen LogP contribution in [0.3, 0.4) is 0 Å². The van der Waals surface area contributed by atoms with Gasteiger partial charge in [-0.05, 0) is 23.8 Å². The number of aromatic nitrogens is 2. The highest BCUT2D eigenvalue weighted by Crippen LogP contribution is 2.09. The highest BCUT2D eigenvalue weighted by atomic mass is 35.5. The SMILES string of the molecule is O=C(NCc1ccc(Cl)cc1)c1cc(Cl)n[nH]c1=O. The van der Waals surface area contributed by atoms with E-state index in [1.54, 1.807) is 24.3 Å². The first kappa shape index (κ1) is 13.6. The summed E-state index contributed by atoms with van der Waals surface area (Å²) in [5.74, 6) is -0.513. The fourth-order valence-corrected chi connectivity index (χ4v) is 1.71. The van der Waals surface area contributed by atoms with Crippen LogP contribution in [0.5, 0.6) is 0 Å². The Bertz CT molecular complexity index is 653. The number of hydrogen-bond acceptors (Lipinski definition) is 3. The summed E-state index contributed by atoms with van der Waals surface area (Å²) in [6.07, 6.45) is 0. The average Bonchev–Trinajstić information content (AvgIpc) is 2.40. The molecule has 0 aliphatic carbocycles. The molecule has 1 aromatic carbocycles. The van der Waals surface area contributed by atoms with Gasteiger partial charge in [0.2, 0.25) is 0 Å². The highest BCUT2D eigenvalue weighted by Gasteiger charge is 2.11. The van der Waals surface area contributed by atoms with Crippen LogP contribution in [0.4, 0.5) is 0 Å². The maximum Gasteiger partial charge on any atom is 0.277 e. The van der Waals surface area contributed by atoms with Crippen LogP contribution in [0.1, 0.15) is 15.9 Å². The van der Waals surface area contributed by atoms with Gasteiger partial charge >= 0.3 is 0 Å². The van der Waals surface area contributed by atoms with E-state index in [9.17, 15) is 9.59 Å². The van der Waals surface area contributed by atoms with E-state index in [2.05, 4.69) is 15.5 Å². The Labute approximate surface area is 118 Å². The van der Waals surface area contributed by atoms with E-state index in [4.69, 9.17) is 23.2 Å². The van der Waals surface area contributed by atoms with E-state index < -0.39 is 11.5 Å². The van der Waals surface area contributed by atoms with Gasteiger partial charge in [-0.25, -0.2) is 5.10 Å². The summed E-state index contributed by atoms with van der Waals surface area (Å²) in [4.78, 5) is 23.2. The molecule has 0 aliphatic heterocycles. The second-order valence-electron chi connectivity index (χ2n) is 3.74. The Morgan fingerprint density at radius 1 is 1.26 bits per heavy atom. The number of carbonyl (C=O) groups is 1. The van der Waals surface area contributed by atoms with E-state index >= 15 is 0 Å². The van der Waals surface area contributed by atoms with Gasteiger partial charge in [0.15, 0.2) is 0 Å². The topological polar surface area (TPSA) is 74.8 Å². The van der Waals surface area contributed by atoms with Crippen molar-refractivity contribution in [3.05, 3.63) is 62.0 Å². The molecule has 0 unspecified atom stereocenters. The lowest BCUT2D eigenvalue weighted by atomic mass is 10.2. The summed E-state index contributed by atoms with van der Waals surface area (Å²) in [5, 5.41) is 8.91. The van der Waals surface area contributed by atoms with Crippen LogP contribution in [0.2, 0.25) is 10.2 Å². The summed E-state index contributed by atoms with van der Waals surface area (Å²) >= 11 is 11.4.